The molecule has 23 heavy (non-hydrogen) atoms. The van der Waals surface area contributed by atoms with Crippen molar-refractivity contribution in [2.75, 3.05) is 11.4 Å². The Morgan fingerprint density at radius 1 is 1.09 bits per heavy atom. The van der Waals surface area contributed by atoms with E-state index < -0.39 is 21.0 Å². The summed E-state index contributed by atoms with van der Waals surface area (Å²) in [5, 5.41) is 4.01. The van der Waals surface area contributed by atoms with E-state index in [2.05, 4.69) is 5.10 Å². The Labute approximate surface area is 128 Å². The summed E-state index contributed by atoms with van der Waals surface area (Å²) in [6.07, 6.45) is 1.45. The number of benzene rings is 1. The number of aromatic nitrogens is 2. The van der Waals surface area contributed by atoms with Gasteiger partial charge < -0.3 is 4.90 Å². The van der Waals surface area contributed by atoms with Crippen LogP contribution in [-0.2, 0) is 0 Å². The molecule has 1 aromatic heterocycles. The summed E-state index contributed by atoms with van der Waals surface area (Å²) in [5.41, 5.74) is 0.417. The van der Waals surface area contributed by atoms with Gasteiger partial charge in [0.05, 0.1) is 6.04 Å². The van der Waals surface area contributed by atoms with Gasteiger partial charge in [0, 0.05) is 18.4 Å². The first-order valence-corrected chi connectivity index (χ1v) is 8.51. The van der Waals surface area contributed by atoms with Gasteiger partial charge in [0.1, 0.15) is 10.6 Å². The molecular formula is C13H12F5N3OS. The number of hydrogen-bond donors (Lipinski definition) is 0. The predicted molar refractivity (Wildman–Crippen MR) is 76.5 cm³/mol. The van der Waals surface area contributed by atoms with Gasteiger partial charge in [-0.2, -0.15) is 5.10 Å². The van der Waals surface area contributed by atoms with Crippen LogP contribution >= 0.6 is 10.2 Å². The van der Waals surface area contributed by atoms with Gasteiger partial charge in [0.2, 0.25) is 0 Å². The monoisotopic (exact) mass is 353 g/mol. The highest BCUT2D eigenvalue weighted by atomic mass is 32.5. The number of anilines is 1. The standard InChI is InChI=1S/C13H12F5N3OS/c1-9-8-20(13(22)12-6-7-19-21(9)12)10-2-4-11(5-3-10)23(14,15,16,17)18/h2-7,9H,8H2,1H3/t9-/m0/s1. The molecule has 1 atom stereocenters. The van der Waals surface area contributed by atoms with Gasteiger partial charge in [-0.05, 0) is 37.3 Å². The summed E-state index contributed by atoms with van der Waals surface area (Å²) in [5.74, 6) is -0.444. The Bertz CT molecular complexity index is 784. The minimum Gasteiger partial charge on any atom is -0.305 e. The van der Waals surface area contributed by atoms with E-state index in [1.165, 1.54) is 21.8 Å². The van der Waals surface area contributed by atoms with Crippen LogP contribution in [0.5, 0.6) is 0 Å². The lowest BCUT2D eigenvalue weighted by atomic mass is 10.1. The molecule has 0 spiro atoms. The van der Waals surface area contributed by atoms with Crippen molar-refractivity contribution in [2.45, 2.75) is 17.9 Å². The molecule has 0 aliphatic carbocycles. The number of rotatable bonds is 2. The predicted octanol–water partition coefficient (Wildman–Crippen LogP) is 4.76. The Morgan fingerprint density at radius 2 is 1.70 bits per heavy atom. The highest BCUT2D eigenvalue weighted by molar-refractivity contribution is 8.45. The molecule has 1 amide bonds. The van der Waals surface area contributed by atoms with Crippen LogP contribution in [0.15, 0.2) is 41.4 Å². The molecule has 3 rings (SSSR count). The maximum Gasteiger partial charge on any atom is 0.310 e. The zero-order valence-corrected chi connectivity index (χ0v) is 12.6. The second-order valence-corrected chi connectivity index (χ2v) is 7.80. The van der Waals surface area contributed by atoms with Crippen molar-refractivity contribution in [3.63, 3.8) is 0 Å². The molecule has 2 aromatic rings. The molecule has 0 saturated carbocycles. The molecule has 1 aromatic carbocycles. The number of carbonyl (C=O) groups is 1. The van der Waals surface area contributed by atoms with E-state index >= 15 is 0 Å². The maximum atomic E-state index is 12.7. The Hall–Kier alpha value is -2.10. The molecule has 1 aliphatic heterocycles. The zero-order chi connectivity index (χ0) is 17.1. The van der Waals surface area contributed by atoms with Crippen molar-refractivity contribution in [3.8, 4) is 0 Å². The molecule has 4 nitrogen and oxygen atoms in total. The van der Waals surface area contributed by atoms with Gasteiger partial charge >= 0.3 is 10.2 Å². The summed E-state index contributed by atoms with van der Waals surface area (Å²) >= 11 is 0. The van der Waals surface area contributed by atoms with Crippen molar-refractivity contribution in [1.82, 2.24) is 9.78 Å². The third-order valence-corrected chi connectivity index (χ3v) is 4.76. The molecular weight excluding hydrogens is 341 g/mol. The normalized spacial score (nSPS) is 21.6. The van der Waals surface area contributed by atoms with Crippen molar-refractivity contribution in [2.24, 2.45) is 0 Å². The zero-order valence-electron chi connectivity index (χ0n) is 11.8. The number of carbonyl (C=O) groups excluding carboxylic acids is 1. The van der Waals surface area contributed by atoms with Crippen LogP contribution in [0, 0.1) is 0 Å². The summed E-state index contributed by atoms with van der Waals surface area (Å²) in [6, 6.07) is 3.68. The second kappa shape index (κ2) is 4.05. The molecule has 0 fully saturated rings. The van der Waals surface area contributed by atoms with E-state index in [4.69, 9.17) is 0 Å². The smallest absolute Gasteiger partial charge is 0.305 e. The van der Waals surface area contributed by atoms with E-state index in [1.807, 2.05) is 0 Å². The Kier molecular flexibility index (Phi) is 2.78. The van der Waals surface area contributed by atoms with Crippen LogP contribution in [0.4, 0.5) is 25.1 Å². The number of hydrogen-bond acceptors (Lipinski definition) is 2. The van der Waals surface area contributed by atoms with Crippen molar-refractivity contribution in [3.05, 3.63) is 42.2 Å². The fourth-order valence-corrected chi connectivity index (χ4v) is 3.15. The van der Waals surface area contributed by atoms with Crippen LogP contribution in [0.25, 0.3) is 0 Å². The van der Waals surface area contributed by atoms with E-state index in [0.717, 1.165) is 12.1 Å². The first-order chi connectivity index (χ1) is 10.4. The van der Waals surface area contributed by atoms with Crippen LogP contribution in [0.2, 0.25) is 0 Å². The van der Waals surface area contributed by atoms with Gasteiger partial charge in [0.25, 0.3) is 5.91 Å². The SMILES string of the molecule is C[C@H]1CN(c2ccc(S(F)(F)(F)(F)F)cc2)C(=O)c2ccnn21. The summed E-state index contributed by atoms with van der Waals surface area (Å²) in [6.45, 7) is 1.97. The highest BCUT2D eigenvalue weighted by Crippen LogP contribution is 3.02. The molecule has 0 radical (unpaired) electrons. The van der Waals surface area contributed by atoms with Crippen LogP contribution in [0.3, 0.4) is 0 Å². The fourth-order valence-electron chi connectivity index (χ4n) is 2.50. The van der Waals surface area contributed by atoms with Gasteiger partial charge in [0.15, 0.2) is 0 Å². The molecule has 126 valence electrons. The number of halogens is 5. The van der Waals surface area contributed by atoms with Gasteiger partial charge in [-0.1, -0.05) is 19.4 Å². The minimum absolute atomic E-state index is 0.125. The summed E-state index contributed by atoms with van der Waals surface area (Å²) in [4.78, 5) is 11.6. The average Bonchev–Trinajstić information content (AvgIpc) is 2.91. The molecule has 0 unspecified atom stereocenters. The molecule has 1 aliphatic rings. The van der Waals surface area contributed by atoms with Crippen LogP contribution < -0.4 is 4.90 Å². The summed E-state index contributed by atoms with van der Waals surface area (Å²) in [7, 11) is -9.71. The topological polar surface area (TPSA) is 38.1 Å². The lowest BCUT2D eigenvalue weighted by molar-refractivity contribution is 0.0953. The molecule has 0 bridgehead atoms. The lowest BCUT2D eigenvalue weighted by Gasteiger charge is -2.40. The lowest BCUT2D eigenvalue weighted by Crippen LogP contribution is -2.42. The minimum atomic E-state index is -9.71. The quantitative estimate of drug-likeness (QED) is 0.730. The van der Waals surface area contributed by atoms with Gasteiger partial charge in [-0.15, -0.1) is 0 Å². The number of nitrogens with zero attached hydrogens (tertiary/aromatic N) is 3. The van der Waals surface area contributed by atoms with Crippen molar-refractivity contribution in [1.29, 1.82) is 0 Å². The first kappa shape index (κ1) is 15.8. The fraction of sp³-hybridized carbons (Fsp3) is 0.231. The van der Waals surface area contributed by atoms with Crippen LogP contribution in [0.1, 0.15) is 23.5 Å². The third-order valence-electron chi connectivity index (χ3n) is 3.59. The largest absolute Gasteiger partial charge is 0.310 e. The molecule has 0 N–H and O–H groups in total. The van der Waals surface area contributed by atoms with Crippen molar-refractivity contribution >= 4 is 21.8 Å². The molecule has 0 saturated heterocycles. The van der Waals surface area contributed by atoms with Gasteiger partial charge in [-0.25, -0.2) is 0 Å². The Balaban J connectivity index is 1.97. The first-order valence-electron chi connectivity index (χ1n) is 6.56. The van der Waals surface area contributed by atoms with E-state index in [1.54, 1.807) is 6.92 Å². The van der Waals surface area contributed by atoms with Gasteiger partial charge in [-0.3, -0.25) is 9.48 Å². The molecule has 10 heteroatoms. The average molecular weight is 353 g/mol. The molecule has 2 heterocycles. The highest BCUT2D eigenvalue weighted by Gasteiger charge is 2.65. The maximum absolute atomic E-state index is 12.7. The van der Waals surface area contributed by atoms with Crippen molar-refractivity contribution < 1.29 is 24.2 Å². The van der Waals surface area contributed by atoms with E-state index in [0.29, 0.717) is 17.8 Å². The van der Waals surface area contributed by atoms with Crippen LogP contribution in [-0.4, -0.2) is 22.2 Å². The third kappa shape index (κ3) is 2.78. The van der Waals surface area contributed by atoms with E-state index in [-0.39, 0.29) is 18.3 Å². The summed E-state index contributed by atoms with van der Waals surface area (Å²) < 4.78 is 65.1. The van der Waals surface area contributed by atoms with E-state index in [9.17, 15) is 24.2 Å². The number of fused-ring (bicyclic) bond motifs is 1. The Morgan fingerprint density at radius 3 is 2.26 bits per heavy atom. The number of amides is 1. The second-order valence-electron chi connectivity index (χ2n) is 5.39.